The minimum Gasteiger partial charge on any atom is -0.496 e. The predicted molar refractivity (Wildman–Crippen MR) is 109 cm³/mol. The maximum atomic E-state index is 12.8. The van der Waals surface area contributed by atoms with E-state index in [0.29, 0.717) is 11.0 Å². The molecule has 0 fully saturated rings. The molecule has 0 spiro atoms. The lowest BCUT2D eigenvalue weighted by Gasteiger charge is -2.12. The Kier molecular flexibility index (Phi) is 5.65. The van der Waals surface area contributed by atoms with Crippen LogP contribution >= 0.6 is 11.8 Å². The highest BCUT2D eigenvalue weighted by Gasteiger charge is 2.21. The molecular weight excluding hydrogens is 358 g/mol. The Bertz CT molecular complexity index is 981. The van der Waals surface area contributed by atoms with E-state index in [1.807, 2.05) is 74.9 Å². The van der Waals surface area contributed by atoms with Crippen LogP contribution in [-0.2, 0) is 7.05 Å². The number of ketones is 1. The molecule has 0 unspecified atom stereocenters. The summed E-state index contributed by atoms with van der Waals surface area (Å²) < 4.78 is 7.32. The minimum absolute atomic E-state index is 0.0879. The Morgan fingerprint density at radius 1 is 1.11 bits per heavy atom. The Hall–Kier alpha value is -2.60. The zero-order chi connectivity index (χ0) is 19.6. The number of hydrogen-bond donors (Lipinski definition) is 0. The predicted octanol–water partition coefficient (Wildman–Crippen LogP) is 4.47. The Morgan fingerprint density at radius 3 is 2.56 bits per heavy atom. The smallest absolute Gasteiger partial charge is 0.191 e. The van der Waals surface area contributed by atoms with E-state index >= 15 is 0 Å². The van der Waals surface area contributed by atoms with Crippen molar-refractivity contribution in [2.75, 3.05) is 7.11 Å². The zero-order valence-electron chi connectivity index (χ0n) is 16.2. The summed E-state index contributed by atoms with van der Waals surface area (Å²) >= 11 is 1.41. The first-order valence-electron chi connectivity index (χ1n) is 8.73. The molecule has 1 heterocycles. The van der Waals surface area contributed by atoms with E-state index in [1.165, 1.54) is 17.3 Å². The number of methoxy groups -OCH3 is 1. The van der Waals surface area contributed by atoms with Gasteiger partial charge in [-0.15, -0.1) is 10.2 Å². The van der Waals surface area contributed by atoms with Crippen LogP contribution in [0.25, 0.3) is 11.4 Å². The molecule has 0 saturated heterocycles. The fourth-order valence-corrected chi connectivity index (χ4v) is 3.71. The van der Waals surface area contributed by atoms with Gasteiger partial charge in [0.15, 0.2) is 16.8 Å². The van der Waals surface area contributed by atoms with Gasteiger partial charge in [-0.1, -0.05) is 36.0 Å². The van der Waals surface area contributed by atoms with E-state index in [4.69, 9.17) is 4.74 Å². The van der Waals surface area contributed by atoms with E-state index in [0.717, 1.165) is 22.4 Å². The maximum absolute atomic E-state index is 12.8. The van der Waals surface area contributed by atoms with Gasteiger partial charge in [-0.2, -0.15) is 0 Å². The van der Waals surface area contributed by atoms with Gasteiger partial charge in [0.1, 0.15) is 5.75 Å². The number of aryl methyl sites for hydroxylation is 2. The minimum atomic E-state index is -0.263. The molecule has 0 radical (unpaired) electrons. The van der Waals surface area contributed by atoms with Crippen LogP contribution in [0.5, 0.6) is 5.75 Å². The van der Waals surface area contributed by atoms with E-state index in [2.05, 4.69) is 10.2 Å². The monoisotopic (exact) mass is 381 g/mol. The van der Waals surface area contributed by atoms with Crippen molar-refractivity contribution < 1.29 is 9.53 Å². The number of benzene rings is 2. The van der Waals surface area contributed by atoms with Crippen LogP contribution in [0.3, 0.4) is 0 Å². The first-order valence-corrected chi connectivity index (χ1v) is 9.61. The number of carbonyl (C=O) groups is 1. The van der Waals surface area contributed by atoms with Crippen molar-refractivity contribution in [3.63, 3.8) is 0 Å². The molecule has 27 heavy (non-hydrogen) atoms. The molecule has 0 bridgehead atoms. The summed E-state index contributed by atoms with van der Waals surface area (Å²) in [6, 6.07) is 13.5. The molecule has 0 aliphatic heterocycles. The number of Topliss-reactive ketones (excluding diaryl/α,β-unsaturated/α-hetero) is 1. The van der Waals surface area contributed by atoms with E-state index < -0.39 is 0 Å². The maximum Gasteiger partial charge on any atom is 0.191 e. The van der Waals surface area contributed by atoms with Crippen LogP contribution in [-0.4, -0.2) is 32.9 Å². The lowest BCUT2D eigenvalue weighted by atomic mass is 10.0. The first-order chi connectivity index (χ1) is 12.9. The summed E-state index contributed by atoms with van der Waals surface area (Å²) in [5.41, 5.74) is 3.90. The standard InChI is InChI=1S/C21H23N3O2S/c1-13-10-11-16(12-14(13)2)19(25)15(3)27-21-23-22-20(24(21)4)17-8-6-7-9-18(17)26-5/h6-12,15H,1-5H3/t15-/m1/s1. The fourth-order valence-electron chi connectivity index (χ4n) is 2.82. The molecule has 2 aromatic carbocycles. The summed E-state index contributed by atoms with van der Waals surface area (Å²) in [6.45, 7) is 5.96. The number of ether oxygens (including phenoxy) is 1. The number of hydrogen-bond acceptors (Lipinski definition) is 5. The number of rotatable bonds is 6. The second-order valence-corrected chi connectivity index (χ2v) is 7.80. The average molecular weight is 382 g/mol. The van der Waals surface area contributed by atoms with Gasteiger partial charge >= 0.3 is 0 Å². The van der Waals surface area contributed by atoms with Crippen LogP contribution < -0.4 is 4.74 Å². The second-order valence-electron chi connectivity index (χ2n) is 6.49. The zero-order valence-corrected chi connectivity index (χ0v) is 17.0. The fraction of sp³-hybridized carbons (Fsp3) is 0.286. The lowest BCUT2D eigenvalue weighted by Crippen LogP contribution is -2.14. The normalized spacial score (nSPS) is 12.0. The molecule has 0 aliphatic carbocycles. The van der Waals surface area contributed by atoms with E-state index in [9.17, 15) is 4.79 Å². The van der Waals surface area contributed by atoms with Crippen molar-refractivity contribution in [3.8, 4) is 17.1 Å². The Morgan fingerprint density at radius 2 is 1.85 bits per heavy atom. The van der Waals surface area contributed by atoms with Crippen molar-refractivity contribution >= 4 is 17.5 Å². The molecule has 0 saturated carbocycles. The van der Waals surface area contributed by atoms with Crippen molar-refractivity contribution in [1.82, 2.24) is 14.8 Å². The third-order valence-corrected chi connectivity index (χ3v) is 5.76. The summed E-state index contributed by atoms with van der Waals surface area (Å²) in [7, 11) is 3.53. The molecule has 6 heteroatoms. The van der Waals surface area contributed by atoms with Crippen molar-refractivity contribution in [2.45, 2.75) is 31.2 Å². The van der Waals surface area contributed by atoms with Gasteiger partial charge < -0.3 is 9.30 Å². The summed E-state index contributed by atoms with van der Waals surface area (Å²) in [4.78, 5) is 12.8. The average Bonchev–Trinajstić information content (AvgIpc) is 3.03. The Balaban J connectivity index is 1.83. The summed E-state index contributed by atoms with van der Waals surface area (Å²) in [5.74, 6) is 1.54. The van der Waals surface area contributed by atoms with Crippen LogP contribution in [0.15, 0.2) is 47.6 Å². The second kappa shape index (κ2) is 7.96. The highest BCUT2D eigenvalue weighted by molar-refractivity contribution is 8.00. The van der Waals surface area contributed by atoms with Crippen molar-refractivity contribution in [1.29, 1.82) is 0 Å². The number of thioether (sulfide) groups is 1. The molecule has 0 amide bonds. The lowest BCUT2D eigenvalue weighted by molar-refractivity contribution is 0.0993. The molecule has 140 valence electrons. The SMILES string of the molecule is COc1ccccc1-c1nnc(S[C@H](C)C(=O)c2ccc(C)c(C)c2)n1C. The molecular formula is C21H23N3O2S. The largest absolute Gasteiger partial charge is 0.496 e. The molecule has 3 rings (SSSR count). The molecule has 3 aromatic rings. The van der Waals surface area contributed by atoms with Gasteiger partial charge in [-0.25, -0.2) is 0 Å². The topological polar surface area (TPSA) is 57.0 Å². The highest BCUT2D eigenvalue weighted by atomic mass is 32.2. The van der Waals surface area contributed by atoms with Crippen LogP contribution in [0.2, 0.25) is 0 Å². The molecule has 0 aliphatic rings. The van der Waals surface area contributed by atoms with Gasteiger partial charge in [0, 0.05) is 12.6 Å². The first kappa shape index (κ1) is 19.2. The molecule has 5 nitrogen and oxygen atoms in total. The van der Waals surface area contributed by atoms with Gasteiger partial charge in [0.2, 0.25) is 0 Å². The van der Waals surface area contributed by atoms with Crippen molar-refractivity contribution in [2.24, 2.45) is 7.05 Å². The quantitative estimate of drug-likeness (QED) is 0.466. The number of carbonyl (C=O) groups excluding carboxylic acids is 1. The van der Waals surface area contributed by atoms with Gasteiger partial charge in [0.05, 0.1) is 17.9 Å². The number of para-hydroxylation sites is 1. The molecule has 0 N–H and O–H groups in total. The molecule has 1 aromatic heterocycles. The van der Waals surface area contributed by atoms with Gasteiger partial charge in [0.25, 0.3) is 0 Å². The molecule has 1 atom stereocenters. The van der Waals surface area contributed by atoms with Crippen LogP contribution in [0.4, 0.5) is 0 Å². The van der Waals surface area contributed by atoms with Crippen LogP contribution in [0, 0.1) is 13.8 Å². The van der Waals surface area contributed by atoms with E-state index in [1.54, 1.807) is 7.11 Å². The number of nitrogens with zero attached hydrogens (tertiary/aromatic N) is 3. The van der Waals surface area contributed by atoms with Gasteiger partial charge in [-0.05, 0) is 50.1 Å². The number of aromatic nitrogens is 3. The van der Waals surface area contributed by atoms with Crippen LogP contribution in [0.1, 0.15) is 28.4 Å². The summed E-state index contributed by atoms with van der Waals surface area (Å²) in [5, 5.41) is 9.02. The summed E-state index contributed by atoms with van der Waals surface area (Å²) in [6.07, 6.45) is 0. The Labute approximate surface area is 163 Å². The van der Waals surface area contributed by atoms with E-state index in [-0.39, 0.29) is 11.0 Å². The van der Waals surface area contributed by atoms with Crippen molar-refractivity contribution in [3.05, 3.63) is 59.2 Å². The highest BCUT2D eigenvalue weighted by Crippen LogP contribution is 2.31. The third-order valence-electron chi connectivity index (χ3n) is 4.63. The van der Waals surface area contributed by atoms with Gasteiger partial charge in [-0.3, -0.25) is 4.79 Å². The third kappa shape index (κ3) is 3.90.